The Hall–Kier alpha value is -2.38. The summed E-state index contributed by atoms with van der Waals surface area (Å²) in [6.07, 6.45) is 3.61. The predicted octanol–water partition coefficient (Wildman–Crippen LogP) is 4.03. The molecule has 0 amide bonds. The molecule has 1 aromatic heterocycles. The lowest BCUT2D eigenvalue weighted by atomic mass is 10.0. The Kier molecular flexibility index (Phi) is 4.89. The summed E-state index contributed by atoms with van der Waals surface area (Å²) in [7, 11) is 0. The molecule has 28 heavy (non-hydrogen) atoms. The SMILES string of the molecule is CC(F)(F)c1ccc(CSC2=NN(C3CC3)c3cn[nH]c(=O)c3S2)c(C#N)c1. The molecule has 1 fully saturated rings. The lowest BCUT2D eigenvalue weighted by Gasteiger charge is -2.25. The number of hydrogen-bond donors (Lipinski definition) is 1. The van der Waals surface area contributed by atoms with Crippen molar-refractivity contribution in [1.29, 1.82) is 5.26 Å². The summed E-state index contributed by atoms with van der Waals surface area (Å²) in [6, 6.07) is 6.38. The van der Waals surface area contributed by atoms with Crippen LogP contribution in [0.3, 0.4) is 0 Å². The lowest BCUT2D eigenvalue weighted by Crippen LogP contribution is -2.27. The third-order valence-corrected chi connectivity index (χ3v) is 6.64. The van der Waals surface area contributed by atoms with Crippen LogP contribution < -0.4 is 10.6 Å². The van der Waals surface area contributed by atoms with Crippen molar-refractivity contribution in [2.24, 2.45) is 5.10 Å². The van der Waals surface area contributed by atoms with Gasteiger partial charge in [-0.15, -0.1) is 0 Å². The van der Waals surface area contributed by atoms with Crippen LogP contribution in [-0.4, -0.2) is 20.6 Å². The van der Waals surface area contributed by atoms with E-state index in [0.717, 1.165) is 19.8 Å². The second kappa shape index (κ2) is 7.22. The van der Waals surface area contributed by atoms with Gasteiger partial charge in [0, 0.05) is 18.2 Å². The molecule has 1 aliphatic heterocycles. The maximum Gasteiger partial charge on any atom is 0.280 e. The van der Waals surface area contributed by atoms with Gasteiger partial charge >= 0.3 is 0 Å². The fraction of sp³-hybridized carbons (Fsp3) is 0.333. The first-order chi connectivity index (χ1) is 13.4. The van der Waals surface area contributed by atoms with E-state index >= 15 is 0 Å². The number of anilines is 1. The Morgan fingerprint density at radius 3 is 2.93 bits per heavy atom. The van der Waals surface area contributed by atoms with Crippen LogP contribution in [0.1, 0.15) is 36.5 Å². The van der Waals surface area contributed by atoms with Crippen LogP contribution in [0.25, 0.3) is 0 Å². The summed E-state index contributed by atoms with van der Waals surface area (Å²) in [5.74, 6) is -2.61. The van der Waals surface area contributed by atoms with Gasteiger partial charge in [0.1, 0.15) is 4.90 Å². The Morgan fingerprint density at radius 2 is 2.25 bits per heavy atom. The molecule has 0 unspecified atom stereocenters. The second-order valence-corrected chi connectivity index (χ2v) is 8.84. The number of fused-ring (bicyclic) bond motifs is 1. The molecule has 1 aliphatic carbocycles. The molecule has 2 aromatic rings. The average molecular weight is 419 g/mol. The number of aromatic amines is 1. The van der Waals surface area contributed by atoms with Crippen molar-refractivity contribution < 1.29 is 8.78 Å². The van der Waals surface area contributed by atoms with Gasteiger partial charge in [0.2, 0.25) is 0 Å². The predicted molar refractivity (Wildman–Crippen MR) is 106 cm³/mol. The number of thioether (sulfide) groups is 2. The number of hydrazone groups is 1. The van der Waals surface area contributed by atoms with E-state index in [9.17, 15) is 18.8 Å². The third kappa shape index (κ3) is 3.77. The number of alkyl halides is 2. The molecule has 0 saturated heterocycles. The van der Waals surface area contributed by atoms with Gasteiger partial charge < -0.3 is 0 Å². The van der Waals surface area contributed by atoms with Gasteiger partial charge in [-0.3, -0.25) is 9.80 Å². The molecule has 0 spiro atoms. The number of halogens is 2. The summed E-state index contributed by atoms with van der Waals surface area (Å²) < 4.78 is 27.7. The molecule has 1 N–H and O–H groups in total. The van der Waals surface area contributed by atoms with Crippen molar-refractivity contribution in [3.63, 3.8) is 0 Å². The van der Waals surface area contributed by atoms with Crippen LogP contribution in [0, 0.1) is 11.3 Å². The van der Waals surface area contributed by atoms with E-state index in [-0.39, 0.29) is 22.7 Å². The fourth-order valence-electron chi connectivity index (χ4n) is 2.76. The molecule has 2 heterocycles. The largest absolute Gasteiger partial charge is 0.280 e. The zero-order valence-corrected chi connectivity index (χ0v) is 16.4. The molecule has 1 saturated carbocycles. The van der Waals surface area contributed by atoms with E-state index < -0.39 is 5.92 Å². The first kappa shape index (κ1) is 19.0. The van der Waals surface area contributed by atoms with Crippen molar-refractivity contribution in [3.8, 4) is 6.07 Å². The molecular formula is C18H15F2N5OS2. The van der Waals surface area contributed by atoms with Crippen LogP contribution in [0.5, 0.6) is 0 Å². The number of nitriles is 1. The topological polar surface area (TPSA) is 85.1 Å². The van der Waals surface area contributed by atoms with Crippen LogP contribution in [0.2, 0.25) is 0 Å². The first-order valence-electron chi connectivity index (χ1n) is 8.54. The quantitative estimate of drug-likeness (QED) is 0.805. The highest BCUT2D eigenvalue weighted by atomic mass is 32.2. The van der Waals surface area contributed by atoms with Crippen LogP contribution in [-0.2, 0) is 11.7 Å². The zero-order chi connectivity index (χ0) is 19.9. The normalized spacial score (nSPS) is 16.4. The molecule has 144 valence electrons. The van der Waals surface area contributed by atoms with Crippen molar-refractivity contribution in [2.45, 2.75) is 42.4 Å². The standard InChI is InChI=1S/C18H15F2N5OS2/c1-18(19,20)12-3-2-10(11(6-12)7-21)9-27-17-24-25(13-4-5-13)14-8-22-23-16(26)15(14)28-17/h2-3,6,8,13H,4-5,9H2,1H3,(H,23,26). The Labute approximate surface area is 168 Å². The van der Waals surface area contributed by atoms with Gasteiger partial charge in [-0.2, -0.15) is 15.5 Å². The van der Waals surface area contributed by atoms with Crippen molar-refractivity contribution in [3.05, 3.63) is 51.4 Å². The zero-order valence-electron chi connectivity index (χ0n) is 14.8. The minimum atomic E-state index is -3.00. The highest BCUT2D eigenvalue weighted by Gasteiger charge is 2.35. The number of rotatable bonds is 4. The van der Waals surface area contributed by atoms with Gasteiger partial charge in [0.25, 0.3) is 11.5 Å². The molecule has 4 rings (SSSR count). The first-order valence-corrected chi connectivity index (χ1v) is 10.3. The summed E-state index contributed by atoms with van der Waals surface area (Å²) in [5, 5.41) is 22.1. The molecule has 0 atom stereocenters. The monoisotopic (exact) mass is 419 g/mol. The van der Waals surface area contributed by atoms with Crippen LogP contribution in [0.15, 0.2) is 39.2 Å². The van der Waals surface area contributed by atoms with Gasteiger partial charge in [-0.1, -0.05) is 35.7 Å². The summed E-state index contributed by atoms with van der Waals surface area (Å²) in [4.78, 5) is 12.7. The molecule has 0 radical (unpaired) electrons. The second-order valence-electron chi connectivity index (χ2n) is 6.62. The smallest absolute Gasteiger partial charge is 0.267 e. The van der Waals surface area contributed by atoms with E-state index in [1.165, 1.54) is 35.7 Å². The lowest BCUT2D eigenvalue weighted by molar-refractivity contribution is 0.0174. The third-order valence-electron chi connectivity index (χ3n) is 4.40. The van der Waals surface area contributed by atoms with E-state index in [4.69, 9.17) is 0 Å². The number of nitrogens with one attached hydrogen (secondary N) is 1. The van der Waals surface area contributed by atoms with Crippen molar-refractivity contribution >= 4 is 33.6 Å². The minimum absolute atomic E-state index is 0.185. The summed E-state index contributed by atoms with van der Waals surface area (Å²) in [6.45, 7) is 0.807. The van der Waals surface area contributed by atoms with Gasteiger partial charge in [0.15, 0.2) is 4.38 Å². The molecule has 2 aliphatic rings. The molecule has 6 nitrogen and oxygen atoms in total. The Balaban J connectivity index is 1.56. The Bertz CT molecular complexity index is 1050. The van der Waals surface area contributed by atoms with Gasteiger partial charge in [0.05, 0.1) is 29.6 Å². The number of nitrogens with zero attached hydrogens (tertiary/aromatic N) is 4. The number of benzene rings is 1. The number of H-pyrrole nitrogens is 1. The van der Waals surface area contributed by atoms with Gasteiger partial charge in [-0.05, 0) is 24.5 Å². The molecule has 10 heteroatoms. The summed E-state index contributed by atoms with van der Waals surface area (Å²) >= 11 is 2.63. The van der Waals surface area contributed by atoms with Crippen LogP contribution in [0.4, 0.5) is 14.5 Å². The van der Waals surface area contributed by atoms with E-state index in [2.05, 4.69) is 15.3 Å². The highest BCUT2D eigenvalue weighted by Crippen LogP contribution is 2.42. The molecule has 0 bridgehead atoms. The number of aromatic nitrogens is 2. The molecular weight excluding hydrogens is 404 g/mol. The van der Waals surface area contributed by atoms with E-state index in [1.807, 2.05) is 11.1 Å². The maximum absolute atomic E-state index is 13.5. The van der Waals surface area contributed by atoms with E-state index in [1.54, 1.807) is 12.3 Å². The van der Waals surface area contributed by atoms with Crippen molar-refractivity contribution in [2.75, 3.05) is 5.01 Å². The molecule has 1 aromatic carbocycles. The van der Waals surface area contributed by atoms with E-state index in [0.29, 0.717) is 26.3 Å². The highest BCUT2D eigenvalue weighted by molar-refractivity contribution is 8.38. The number of hydrogen-bond acceptors (Lipinski definition) is 7. The summed E-state index contributed by atoms with van der Waals surface area (Å²) in [5.41, 5.74) is 1.11. The Morgan fingerprint density at radius 1 is 1.46 bits per heavy atom. The maximum atomic E-state index is 13.5. The van der Waals surface area contributed by atoms with Crippen molar-refractivity contribution in [1.82, 2.24) is 10.2 Å². The van der Waals surface area contributed by atoms with Crippen LogP contribution >= 0.6 is 23.5 Å². The average Bonchev–Trinajstić information content (AvgIpc) is 3.50. The van der Waals surface area contributed by atoms with Gasteiger partial charge in [-0.25, -0.2) is 13.9 Å². The fourth-order valence-corrected chi connectivity index (χ4v) is 4.80. The minimum Gasteiger partial charge on any atom is -0.267 e.